The third-order valence-corrected chi connectivity index (χ3v) is 8.41. The zero-order chi connectivity index (χ0) is 29.4. The number of phenols is 1. The van der Waals surface area contributed by atoms with E-state index in [0.717, 1.165) is 5.56 Å². The summed E-state index contributed by atoms with van der Waals surface area (Å²) in [5.74, 6) is -8.33. The Morgan fingerprint density at radius 1 is 1.20 bits per heavy atom. The van der Waals surface area contributed by atoms with E-state index in [1.54, 1.807) is 18.2 Å². The molecule has 2 aromatic carbocycles. The number of nitrogens with two attached hydrogens (primary N) is 1. The molecule has 2 aromatic rings. The van der Waals surface area contributed by atoms with E-state index in [9.17, 15) is 34.8 Å². The lowest BCUT2D eigenvalue weighted by Crippen LogP contribution is -2.65. The number of Topliss-reactive ketones (excluding diaryl/α,β-unsaturated/α-hetero) is 2. The van der Waals surface area contributed by atoms with Gasteiger partial charge in [0.05, 0.1) is 11.6 Å². The van der Waals surface area contributed by atoms with Gasteiger partial charge in [0.25, 0.3) is 5.91 Å². The minimum atomic E-state index is -2.74. The van der Waals surface area contributed by atoms with Gasteiger partial charge in [0.1, 0.15) is 28.7 Å². The monoisotopic (exact) mass is 553 g/mol. The van der Waals surface area contributed by atoms with Gasteiger partial charge < -0.3 is 31.5 Å². The number of carbonyl (C=O) groups is 3. The van der Waals surface area contributed by atoms with Gasteiger partial charge in [0.2, 0.25) is 5.78 Å². The lowest BCUT2D eigenvalue weighted by atomic mass is 9.57. The molecule has 3 aliphatic rings. The van der Waals surface area contributed by atoms with E-state index >= 15 is 4.39 Å². The largest absolute Gasteiger partial charge is 0.508 e. The van der Waals surface area contributed by atoms with Crippen LogP contribution >= 0.6 is 0 Å². The number of benzene rings is 2. The summed E-state index contributed by atoms with van der Waals surface area (Å²) in [6.45, 7) is 4.39. The van der Waals surface area contributed by atoms with Gasteiger partial charge in [0.15, 0.2) is 11.4 Å². The van der Waals surface area contributed by atoms with Crippen LogP contribution in [0.4, 0.5) is 4.39 Å². The highest BCUT2D eigenvalue weighted by molar-refractivity contribution is 6.24. The molecule has 7 N–H and O–H groups in total. The number of hydrogen-bond donors (Lipinski definition) is 6. The van der Waals surface area contributed by atoms with Crippen LogP contribution in [0, 0.1) is 17.7 Å². The number of carbonyl (C=O) groups excluding carboxylic acids is 3. The molecule has 11 heteroatoms. The number of aromatic hydroxyl groups is 1. The Morgan fingerprint density at radius 2 is 1.88 bits per heavy atom. The van der Waals surface area contributed by atoms with Crippen LogP contribution in [-0.2, 0) is 27.3 Å². The Balaban J connectivity index is 1.72. The maximum Gasteiger partial charge on any atom is 0.255 e. The second-order valence-electron chi connectivity index (χ2n) is 11.4. The lowest BCUT2D eigenvalue weighted by molar-refractivity contribution is -0.153. The summed E-state index contributed by atoms with van der Waals surface area (Å²) in [5.41, 5.74) is 1.89. The number of fused-ring (bicyclic) bond motifs is 4. The number of nitrogens with zero attached hydrogens (tertiary/aromatic N) is 1. The molecular weight excluding hydrogens is 521 g/mol. The van der Waals surface area contributed by atoms with Crippen molar-refractivity contribution in [3.8, 4) is 5.75 Å². The van der Waals surface area contributed by atoms with E-state index in [2.05, 4.69) is 5.32 Å². The summed E-state index contributed by atoms with van der Waals surface area (Å²) in [4.78, 5) is 40.6. The van der Waals surface area contributed by atoms with Crippen LogP contribution in [0.25, 0.3) is 16.5 Å². The topological polar surface area (TPSA) is 173 Å². The molecule has 1 amide bonds. The molecule has 1 saturated carbocycles. The van der Waals surface area contributed by atoms with E-state index < -0.39 is 69.6 Å². The van der Waals surface area contributed by atoms with Gasteiger partial charge in [-0.3, -0.25) is 19.3 Å². The molecule has 4 atom stereocenters. The molecule has 40 heavy (non-hydrogen) atoms. The number of aliphatic hydroxyl groups excluding tert-OH is 2. The van der Waals surface area contributed by atoms with Crippen LogP contribution in [0.2, 0.25) is 0 Å². The van der Waals surface area contributed by atoms with Crippen molar-refractivity contribution in [2.75, 3.05) is 14.1 Å². The summed E-state index contributed by atoms with van der Waals surface area (Å²) in [7, 11) is 3.03. The van der Waals surface area contributed by atoms with Crippen LogP contribution < -0.4 is 11.1 Å². The third kappa shape index (κ3) is 3.75. The average Bonchev–Trinajstić information content (AvgIpc) is 2.87. The Kier molecular flexibility index (Phi) is 6.52. The van der Waals surface area contributed by atoms with Crippen molar-refractivity contribution in [3.05, 3.63) is 57.6 Å². The van der Waals surface area contributed by atoms with Crippen LogP contribution in [0.5, 0.6) is 5.75 Å². The second kappa shape index (κ2) is 9.39. The molecule has 10 nitrogen and oxygen atoms in total. The highest BCUT2D eigenvalue weighted by Gasteiger charge is 2.64. The van der Waals surface area contributed by atoms with Gasteiger partial charge in [-0.25, -0.2) is 4.39 Å². The molecule has 0 aliphatic heterocycles. The number of hydrogen-bond acceptors (Lipinski definition) is 9. The van der Waals surface area contributed by atoms with Gasteiger partial charge >= 0.3 is 0 Å². The molecule has 3 aliphatic carbocycles. The van der Waals surface area contributed by atoms with E-state index in [1.165, 1.54) is 19.0 Å². The van der Waals surface area contributed by atoms with Crippen molar-refractivity contribution < 1.29 is 39.2 Å². The quantitative estimate of drug-likeness (QED) is 0.302. The third-order valence-electron chi connectivity index (χ3n) is 8.41. The van der Waals surface area contributed by atoms with Crippen molar-refractivity contribution in [3.63, 3.8) is 0 Å². The Bertz CT molecular complexity index is 1560. The SMILES string of the molecule is CC(C)NCc1ccc2c(F)c3c(c(O)c2c1)C(O)=C1C(=O)[C@]2(O)C(O)=C(C(N)=O)C(=O)[C@@H](N(C)C)[C@@H]2C[C@@H]1C3. The van der Waals surface area contributed by atoms with Crippen LogP contribution in [0.1, 0.15) is 37.0 Å². The maximum atomic E-state index is 15.9. The first-order chi connectivity index (χ1) is 18.7. The fourth-order valence-corrected chi connectivity index (χ4v) is 6.54. The Labute approximate surface area is 229 Å². The molecule has 5 rings (SSSR count). The summed E-state index contributed by atoms with van der Waals surface area (Å²) in [6.07, 6.45) is -0.218. The zero-order valence-electron chi connectivity index (χ0n) is 22.6. The van der Waals surface area contributed by atoms with Gasteiger partial charge in [-0.1, -0.05) is 26.0 Å². The number of rotatable bonds is 5. The van der Waals surface area contributed by atoms with Crippen molar-refractivity contribution in [1.82, 2.24) is 10.2 Å². The van der Waals surface area contributed by atoms with Crippen LogP contribution in [0.15, 0.2) is 35.1 Å². The van der Waals surface area contributed by atoms with Gasteiger partial charge in [0, 0.05) is 40.4 Å². The molecule has 0 aromatic heterocycles. The molecule has 212 valence electrons. The number of ketones is 2. The minimum Gasteiger partial charge on any atom is -0.508 e. The number of halogens is 1. The number of primary amides is 1. The molecule has 0 saturated heterocycles. The Hall–Kier alpha value is -3.80. The Morgan fingerprint density at radius 3 is 2.48 bits per heavy atom. The highest BCUT2D eigenvalue weighted by atomic mass is 19.1. The minimum absolute atomic E-state index is 0.00340. The van der Waals surface area contributed by atoms with Crippen molar-refractivity contribution >= 4 is 34.0 Å². The second-order valence-corrected chi connectivity index (χ2v) is 11.4. The summed E-state index contributed by atoms with van der Waals surface area (Å²) in [6, 6.07) is 3.87. The standard InChI is InChI=1S/C29H32FN3O7/c1-11(2)32-10-12-5-6-14-15(7-12)23(34)19-16(21(14)30)8-13-9-17-22(33(3)4)25(36)20(28(31)39)27(38)29(17,40)26(37)18(13)24(19)35/h5-7,11,13,17,22,32,34-35,38,40H,8-10H2,1-4H3,(H2,31,39)/t13-,17-,22-,29-/m0/s1. The van der Waals surface area contributed by atoms with Crippen molar-refractivity contribution in [2.45, 2.75) is 50.9 Å². The van der Waals surface area contributed by atoms with Crippen LogP contribution in [0.3, 0.4) is 0 Å². The van der Waals surface area contributed by atoms with Crippen molar-refractivity contribution in [2.24, 2.45) is 17.6 Å². The predicted octanol–water partition coefficient (Wildman–Crippen LogP) is 1.75. The summed E-state index contributed by atoms with van der Waals surface area (Å²) in [5, 5.41) is 48.8. The highest BCUT2D eigenvalue weighted by Crippen LogP contribution is 2.53. The number of phenolic OH excluding ortho intramolecular Hbond substituents is 1. The molecule has 0 radical (unpaired) electrons. The van der Waals surface area contributed by atoms with E-state index in [-0.39, 0.29) is 46.4 Å². The fraction of sp³-hybridized carbons (Fsp3) is 0.414. The molecule has 0 bridgehead atoms. The molecular formula is C29H32FN3O7. The molecule has 0 unspecified atom stereocenters. The van der Waals surface area contributed by atoms with Gasteiger partial charge in [-0.15, -0.1) is 0 Å². The molecule has 0 spiro atoms. The molecule has 1 fully saturated rings. The number of likely N-dealkylation sites (N-methyl/N-ethyl adjacent to an activating group) is 1. The van der Waals surface area contributed by atoms with E-state index in [4.69, 9.17) is 5.73 Å². The number of amides is 1. The van der Waals surface area contributed by atoms with Gasteiger partial charge in [-0.05, 0) is 44.5 Å². The summed E-state index contributed by atoms with van der Waals surface area (Å²) < 4.78 is 15.9. The van der Waals surface area contributed by atoms with Crippen molar-refractivity contribution in [1.29, 1.82) is 0 Å². The van der Waals surface area contributed by atoms with Crippen LogP contribution in [-0.4, -0.2) is 74.6 Å². The predicted molar refractivity (Wildman–Crippen MR) is 144 cm³/mol. The number of aliphatic hydroxyl groups is 3. The smallest absolute Gasteiger partial charge is 0.255 e. The van der Waals surface area contributed by atoms with E-state index in [0.29, 0.717) is 6.54 Å². The van der Waals surface area contributed by atoms with E-state index in [1.807, 2.05) is 13.8 Å². The molecule has 0 heterocycles. The normalized spacial score (nSPS) is 26.4. The number of nitrogens with one attached hydrogen (secondary N) is 1. The summed E-state index contributed by atoms with van der Waals surface area (Å²) >= 11 is 0. The fourth-order valence-electron chi connectivity index (χ4n) is 6.54. The first kappa shape index (κ1) is 27.8. The first-order valence-corrected chi connectivity index (χ1v) is 13.1. The first-order valence-electron chi connectivity index (χ1n) is 13.1. The average molecular weight is 554 g/mol. The van der Waals surface area contributed by atoms with Gasteiger partial charge in [-0.2, -0.15) is 0 Å². The lowest BCUT2D eigenvalue weighted by Gasteiger charge is -2.50. The zero-order valence-corrected chi connectivity index (χ0v) is 22.6. The maximum absolute atomic E-state index is 15.9.